The number of hydrogen-bond donors (Lipinski definition) is 2. The van der Waals surface area contributed by atoms with Crippen LogP contribution in [0.4, 0.5) is 0 Å². The molecule has 1 aromatic carbocycles. The molecule has 0 bridgehead atoms. The number of nitrogens with one attached hydrogen (secondary N) is 2. The van der Waals surface area contributed by atoms with Gasteiger partial charge in [0, 0.05) is 17.3 Å². The zero-order valence-electron chi connectivity index (χ0n) is 15.6. The van der Waals surface area contributed by atoms with E-state index >= 15 is 0 Å². The highest BCUT2D eigenvalue weighted by atomic mass is 16.5. The minimum atomic E-state index is -0.392. The summed E-state index contributed by atoms with van der Waals surface area (Å²) >= 11 is 0. The van der Waals surface area contributed by atoms with E-state index in [2.05, 4.69) is 25.5 Å². The van der Waals surface area contributed by atoms with Gasteiger partial charge in [0.1, 0.15) is 17.5 Å². The lowest BCUT2D eigenvalue weighted by molar-refractivity contribution is 0.0601. The molecule has 8 heteroatoms. The predicted octanol–water partition coefficient (Wildman–Crippen LogP) is 2.33. The largest absolute Gasteiger partial charge is 0.471 e. The van der Waals surface area contributed by atoms with E-state index in [1.165, 1.54) is 20.0 Å². The zero-order valence-corrected chi connectivity index (χ0v) is 15.6. The van der Waals surface area contributed by atoms with Crippen LogP contribution in [0.2, 0.25) is 0 Å². The van der Waals surface area contributed by atoms with Gasteiger partial charge in [-0.3, -0.25) is 10.1 Å². The van der Waals surface area contributed by atoms with Crippen molar-refractivity contribution in [3.63, 3.8) is 0 Å². The summed E-state index contributed by atoms with van der Waals surface area (Å²) in [5, 5.41) is 11.5. The number of piperidine rings is 1. The molecule has 2 N–H and O–H groups in total. The molecule has 3 aromatic rings. The van der Waals surface area contributed by atoms with Gasteiger partial charge >= 0.3 is 5.97 Å². The Balaban J connectivity index is 1.47. The van der Waals surface area contributed by atoms with Crippen molar-refractivity contribution in [2.75, 3.05) is 20.2 Å². The summed E-state index contributed by atoms with van der Waals surface area (Å²) in [7, 11) is 1.36. The van der Waals surface area contributed by atoms with Crippen molar-refractivity contribution >= 4 is 16.9 Å². The van der Waals surface area contributed by atoms with Gasteiger partial charge in [0.25, 0.3) is 0 Å². The Morgan fingerprint density at radius 3 is 2.96 bits per heavy atom. The molecule has 0 amide bonds. The molecule has 2 aromatic heterocycles. The number of carbonyl (C=O) groups excluding carboxylic acids is 1. The summed E-state index contributed by atoms with van der Waals surface area (Å²) in [5.74, 6) is 0.106. The highest BCUT2D eigenvalue weighted by molar-refractivity contribution is 5.98. The number of benzene rings is 1. The minimum absolute atomic E-state index is 0.118. The second kappa shape index (κ2) is 6.56. The van der Waals surface area contributed by atoms with E-state index in [1.54, 1.807) is 30.6 Å². The standard InChI is InChI=1S/C20H21N5O3/c1-27-19(26)12-2-3-14-13(8-12)18(25-24-14)15-9-22-11-17(23-15)28-16-10-21-7-6-20(16)4-5-20/h2-3,8-9,11,16,21H,4-7,10H2,1H3,(H,24,25)/t16-/m0/s1. The third-order valence-electron chi connectivity index (χ3n) is 5.81. The van der Waals surface area contributed by atoms with Gasteiger partial charge in [-0.05, 0) is 44.0 Å². The molecule has 2 fully saturated rings. The molecule has 1 saturated heterocycles. The molecule has 5 rings (SSSR count). The average molecular weight is 379 g/mol. The number of aromatic nitrogens is 4. The molecule has 1 aliphatic heterocycles. The summed E-state index contributed by atoms with van der Waals surface area (Å²) in [6, 6.07) is 5.25. The van der Waals surface area contributed by atoms with Crippen LogP contribution in [0.15, 0.2) is 30.6 Å². The average Bonchev–Trinajstić information content (AvgIpc) is 3.37. The van der Waals surface area contributed by atoms with Crippen LogP contribution in [-0.2, 0) is 4.74 Å². The number of hydrogen-bond acceptors (Lipinski definition) is 7. The zero-order chi connectivity index (χ0) is 19.1. The van der Waals surface area contributed by atoms with Crippen LogP contribution in [0.25, 0.3) is 22.3 Å². The van der Waals surface area contributed by atoms with Crippen LogP contribution in [0.3, 0.4) is 0 Å². The first-order chi connectivity index (χ1) is 13.7. The Hall–Kier alpha value is -3.00. The number of rotatable bonds is 4. The maximum Gasteiger partial charge on any atom is 0.337 e. The number of esters is 1. The monoisotopic (exact) mass is 379 g/mol. The first kappa shape index (κ1) is 17.1. The molecule has 1 aliphatic carbocycles. The first-order valence-corrected chi connectivity index (χ1v) is 9.45. The van der Waals surface area contributed by atoms with Crippen LogP contribution in [0.5, 0.6) is 5.88 Å². The highest BCUT2D eigenvalue weighted by Gasteiger charge is 2.52. The van der Waals surface area contributed by atoms with Gasteiger partial charge in [-0.25, -0.2) is 9.78 Å². The second-order valence-electron chi connectivity index (χ2n) is 7.49. The van der Waals surface area contributed by atoms with Crippen LogP contribution in [0.1, 0.15) is 29.6 Å². The third kappa shape index (κ3) is 2.90. The molecule has 28 heavy (non-hydrogen) atoms. The molecule has 1 saturated carbocycles. The molecule has 0 radical (unpaired) electrons. The SMILES string of the molecule is COC(=O)c1ccc2[nH]nc(-c3cncc(O[C@H]4CNCCC45CC5)n3)c2c1. The molecule has 1 atom stereocenters. The second-order valence-corrected chi connectivity index (χ2v) is 7.49. The molecule has 144 valence electrons. The van der Waals surface area contributed by atoms with E-state index in [9.17, 15) is 4.79 Å². The summed E-state index contributed by atoms with van der Waals surface area (Å²) in [5.41, 5.74) is 2.80. The Kier molecular flexibility index (Phi) is 4.01. The first-order valence-electron chi connectivity index (χ1n) is 9.45. The fourth-order valence-corrected chi connectivity index (χ4v) is 3.97. The predicted molar refractivity (Wildman–Crippen MR) is 102 cm³/mol. The number of H-pyrrole nitrogens is 1. The van der Waals surface area contributed by atoms with E-state index in [-0.39, 0.29) is 6.10 Å². The van der Waals surface area contributed by atoms with Gasteiger partial charge in [0.05, 0.1) is 30.6 Å². The number of ether oxygens (including phenoxy) is 2. The van der Waals surface area contributed by atoms with Crippen molar-refractivity contribution in [1.29, 1.82) is 0 Å². The van der Waals surface area contributed by atoms with Crippen molar-refractivity contribution in [2.45, 2.75) is 25.4 Å². The normalized spacial score (nSPS) is 20.2. The van der Waals surface area contributed by atoms with E-state index in [4.69, 9.17) is 9.47 Å². The molecule has 1 spiro atoms. The fourth-order valence-electron chi connectivity index (χ4n) is 3.97. The Labute approximate surface area is 161 Å². The van der Waals surface area contributed by atoms with Crippen molar-refractivity contribution in [1.82, 2.24) is 25.5 Å². The maximum atomic E-state index is 11.9. The van der Waals surface area contributed by atoms with Gasteiger partial charge in [-0.1, -0.05) is 0 Å². The number of carbonyl (C=O) groups is 1. The molecule has 2 aliphatic rings. The van der Waals surface area contributed by atoms with E-state index in [1.807, 2.05) is 0 Å². The topological polar surface area (TPSA) is 102 Å². The molecule has 8 nitrogen and oxygen atoms in total. The van der Waals surface area contributed by atoms with Crippen LogP contribution >= 0.6 is 0 Å². The fraction of sp³-hybridized carbons (Fsp3) is 0.400. The van der Waals surface area contributed by atoms with Crippen LogP contribution in [-0.4, -0.2) is 52.4 Å². The maximum absolute atomic E-state index is 11.9. The number of aromatic amines is 1. The Morgan fingerprint density at radius 1 is 1.25 bits per heavy atom. The highest BCUT2D eigenvalue weighted by Crippen LogP contribution is 2.53. The van der Waals surface area contributed by atoms with Crippen molar-refractivity contribution in [3.8, 4) is 17.3 Å². The van der Waals surface area contributed by atoms with Crippen molar-refractivity contribution < 1.29 is 14.3 Å². The van der Waals surface area contributed by atoms with Crippen molar-refractivity contribution in [2.24, 2.45) is 5.41 Å². The summed E-state index contributed by atoms with van der Waals surface area (Å²) in [4.78, 5) is 20.8. The molecule has 3 heterocycles. The Morgan fingerprint density at radius 2 is 2.14 bits per heavy atom. The van der Waals surface area contributed by atoms with E-state index in [0.29, 0.717) is 28.2 Å². The minimum Gasteiger partial charge on any atom is -0.471 e. The third-order valence-corrected chi connectivity index (χ3v) is 5.81. The lowest BCUT2D eigenvalue weighted by Crippen LogP contribution is -2.45. The summed E-state index contributed by atoms with van der Waals surface area (Å²) < 4.78 is 11.0. The van der Waals surface area contributed by atoms with Gasteiger partial charge < -0.3 is 14.8 Å². The van der Waals surface area contributed by atoms with Gasteiger partial charge in [-0.15, -0.1) is 0 Å². The summed E-state index contributed by atoms with van der Waals surface area (Å²) in [6.45, 7) is 1.88. The number of nitrogens with zero attached hydrogens (tertiary/aromatic N) is 3. The van der Waals surface area contributed by atoms with Crippen LogP contribution in [0, 0.1) is 5.41 Å². The lowest BCUT2D eigenvalue weighted by Gasteiger charge is -2.32. The Bertz CT molecular complexity index is 1040. The van der Waals surface area contributed by atoms with Crippen molar-refractivity contribution in [3.05, 3.63) is 36.2 Å². The smallest absolute Gasteiger partial charge is 0.337 e. The van der Waals surface area contributed by atoms with Gasteiger partial charge in [0.15, 0.2) is 0 Å². The van der Waals surface area contributed by atoms with Crippen LogP contribution < -0.4 is 10.1 Å². The van der Waals surface area contributed by atoms with Gasteiger partial charge in [-0.2, -0.15) is 5.10 Å². The number of fused-ring (bicyclic) bond motifs is 1. The van der Waals surface area contributed by atoms with Gasteiger partial charge in [0.2, 0.25) is 5.88 Å². The quantitative estimate of drug-likeness (QED) is 0.671. The molecular formula is C20H21N5O3. The van der Waals surface area contributed by atoms with E-state index < -0.39 is 5.97 Å². The summed E-state index contributed by atoms with van der Waals surface area (Å²) in [6.07, 6.45) is 6.99. The molecule has 0 unspecified atom stereocenters. The molecular weight excluding hydrogens is 358 g/mol. The number of methoxy groups -OCH3 is 1. The lowest BCUT2D eigenvalue weighted by atomic mass is 9.92. The van der Waals surface area contributed by atoms with E-state index in [0.717, 1.165) is 30.4 Å².